The van der Waals surface area contributed by atoms with Gasteiger partial charge >= 0.3 is 0 Å². The minimum Gasteiger partial charge on any atom is -0.381 e. The van der Waals surface area contributed by atoms with Crippen molar-refractivity contribution < 1.29 is 9.53 Å². The van der Waals surface area contributed by atoms with Gasteiger partial charge in [-0.1, -0.05) is 13.8 Å². The number of hydrogen-bond donors (Lipinski definition) is 0. The third kappa shape index (κ3) is 6.71. The number of piperazine rings is 1. The Bertz CT molecular complexity index is 272. The van der Waals surface area contributed by atoms with Crippen LogP contribution in [0.25, 0.3) is 0 Å². The summed E-state index contributed by atoms with van der Waals surface area (Å²) in [6.07, 6.45) is 2.83. The van der Waals surface area contributed by atoms with Gasteiger partial charge in [-0.25, -0.2) is 0 Å². The van der Waals surface area contributed by atoms with Crippen molar-refractivity contribution in [3.63, 3.8) is 0 Å². The second-order valence-electron chi connectivity index (χ2n) is 6.41. The largest absolute Gasteiger partial charge is 0.381 e. The quantitative estimate of drug-likeness (QED) is 0.642. The van der Waals surface area contributed by atoms with Crippen molar-refractivity contribution in [2.75, 3.05) is 39.4 Å². The maximum Gasteiger partial charge on any atom is 0.224 e. The van der Waals surface area contributed by atoms with Crippen LogP contribution >= 0.6 is 0 Å². The Balaban J connectivity index is 2.06. The van der Waals surface area contributed by atoms with Crippen LogP contribution < -0.4 is 0 Å². The van der Waals surface area contributed by atoms with Gasteiger partial charge in [0.05, 0.1) is 13.0 Å². The number of carbonyl (C=O) groups is 1. The Morgan fingerprint density at radius 2 is 1.70 bits per heavy atom. The van der Waals surface area contributed by atoms with E-state index in [1.54, 1.807) is 0 Å². The molecule has 1 saturated heterocycles. The summed E-state index contributed by atoms with van der Waals surface area (Å²) in [4.78, 5) is 16.4. The molecule has 1 heterocycles. The molecule has 1 aliphatic heterocycles. The van der Waals surface area contributed by atoms with Gasteiger partial charge in [0.1, 0.15) is 0 Å². The fourth-order valence-corrected chi connectivity index (χ4v) is 2.50. The summed E-state index contributed by atoms with van der Waals surface area (Å²) in [6.45, 7) is 13.9. The van der Waals surface area contributed by atoms with Crippen molar-refractivity contribution in [2.45, 2.75) is 53.0 Å². The molecule has 0 N–H and O–H groups in total. The van der Waals surface area contributed by atoms with E-state index in [9.17, 15) is 4.79 Å². The lowest BCUT2D eigenvalue weighted by molar-refractivity contribution is -0.134. The molecule has 0 atom stereocenters. The summed E-state index contributed by atoms with van der Waals surface area (Å²) >= 11 is 0. The van der Waals surface area contributed by atoms with Crippen molar-refractivity contribution >= 4 is 5.91 Å². The topological polar surface area (TPSA) is 32.8 Å². The number of hydrogen-bond acceptors (Lipinski definition) is 3. The summed E-state index contributed by atoms with van der Waals surface area (Å²) in [6, 6.07) is 0.580. The van der Waals surface area contributed by atoms with Gasteiger partial charge < -0.3 is 9.64 Å². The van der Waals surface area contributed by atoms with Crippen molar-refractivity contribution in [3.05, 3.63) is 0 Å². The zero-order chi connectivity index (χ0) is 15.0. The van der Waals surface area contributed by atoms with Crippen LogP contribution in [0, 0.1) is 5.92 Å². The molecule has 4 nitrogen and oxygen atoms in total. The highest BCUT2D eigenvalue weighted by atomic mass is 16.5. The molecule has 0 bridgehead atoms. The zero-order valence-electron chi connectivity index (χ0n) is 13.7. The molecule has 1 amide bonds. The molecule has 0 spiro atoms. The Labute approximate surface area is 124 Å². The SMILES string of the molecule is CC(C)CCCOCCC(=O)N1CCN(C(C)C)CC1. The fraction of sp³-hybridized carbons (Fsp3) is 0.938. The van der Waals surface area contributed by atoms with E-state index >= 15 is 0 Å². The van der Waals surface area contributed by atoms with E-state index < -0.39 is 0 Å². The summed E-state index contributed by atoms with van der Waals surface area (Å²) in [7, 11) is 0. The molecule has 1 aliphatic rings. The Kier molecular flexibility index (Phi) is 8.15. The number of rotatable bonds is 8. The van der Waals surface area contributed by atoms with Gasteiger partial charge in [-0.05, 0) is 32.6 Å². The number of amides is 1. The van der Waals surface area contributed by atoms with Crippen molar-refractivity contribution in [3.8, 4) is 0 Å². The molecule has 0 aliphatic carbocycles. The van der Waals surface area contributed by atoms with Gasteiger partial charge in [0.25, 0.3) is 0 Å². The van der Waals surface area contributed by atoms with Gasteiger partial charge in [0.2, 0.25) is 5.91 Å². The third-order valence-electron chi connectivity index (χ3n) is 3.93. The van der Waals surface area contributed by atoms with Crippen LogP contribution in [0.15, 0.2) is 0 Å². The first-order valence-electron chi connectivity index (χ1n) is 8.10. The first kappa shape index (κ1) is 17.4. The average Bonchev–Trinajstić information content (AvgIpc) is 2.42. The fourth-order valence-electron chi connectivity index (χ4n) is 2.50. The maximum absolute atomic E-state index is 12.0. The van der Waals surface area contributed by atoms with E-state index in [-0.39, 0.29) is 5.91 Å². The minimum atomic E-state index is 0.247. The summed E-state index contributed by atoms with van der Waals surface area (Å²) in [5.41, 5.74) is 0. The highest BCUT2D eigenvalue weighted by Crippen LogP contribution is 2.07. The summed E-state index contributed by atoms with van der Waals surface area (Å²) in [5.74, 6) is 0.981. The van der Waals surface area contributed by atoms with Crippen molar-refractivity contribution in [1.29, 1.82) is 0 Å². The van der Waals surface area contributed by atoms with Gasteiger partial charge in [-0.3, -0.25) is 9.69 Å². The monoisotopic (exact) mass is 284 g/mol. The maximum atomic E-state index is 12.0. The molecule has 0 unspecified atom stereocenters. The normalized spacial score (nSPS) is 17.2. The van der Waals surface area contributed by atoms with Crippen LogP contribution in [0.4, 0.5) is 0 Å². The van der Waals surface area contributed by atoms with E-state index in [0.29, 0.717) is 19.1 Å². The Morgan fingerprint density at radius 1 is 1.05 bits per heavy atom. The van der Waals surface area contributed by atoms with E-state index in [1.807, 2.05) is 4.90 Å². The average molecular weight is 284 g/mol. The smallest absolute Gasteiger partial charge is 0.224 e. The molecule has 1 fully saturated rings. The molecule has 0 aromatic heterocycles. The molecule has 20 heavy (non-hydrogen) atoms. The van der Waals surface area contributed by atoms with Gasteiger partial charge in [0, 0.05) is 38.8 Å². The predicted octanol–water partition coefficient (Wildman–Crippen LogP) is 2.38. The summed E-state index contributed by atoms with van der Waals surface area (Å²) in [5, 5.41) is 0. The second-order valence-corrected chi connectivity index (χ2v) is 6.41. The first-order chi connectivity index (χ1) is 9.50. The highest BCUT2D eigenvalue weighted by Gasteiger charge is 2.21. The predicted molar refractivity (Wildman–Crippen MR) is 82.8 cm³/mol. The van der Waals surface area contributed by atoms with Crippen LogP contribution in [-0.2, 0) is 9.53 Å². The van der Waals surface area contributed by atoms with Crippen molar-refractivity contribution in [1.82, 2.24) is 9.80 Å². The van der Waals surface area contributed by atoms with E-state index in [4.69, 9.17) is 4.74 Å². The van der Waals surface area contributed by atoms with Gasteiger partial charge in [-0.15, -0.1) is 0 Å². The second kappa shape index (κ2) is 9.35. The molecular weight excluding hydrogens is 252 g/mol. The number of ether oxygens (including phenoxy) is 1. The lowest BCUT2D eigenvalue weighted by Crippen LogP contribution is -2.50. The minimum absolute atomic E-state index is 0.247. The third-order valence-corrected chi connectivity index (χ3v) is 3.93. The molecule has 0 radical (unpaired) electrons. The molecular formula is C16H32N2O2. The van der Waals surface area contributed by atoms with Crippen LogP contribution in [0.5, 0.6) is 0 Å². The van der Waals surface area contributed by atoms with Crippen LogP contribution in [0.3, 0.4) is 0 Å². The van der Waals surface area contributed by atoms with E-state index in [2.05, 4.69) is 32.6 Å². The molecule has 118 valence electrons. The van der Waals surface area contributed by atoms with Crippen LogP contribution in [0.2, 0.25) is 0 Å². The molecule has 0 aromatic carbocycles. The summed E-state index contributed by atoms with van der Waals surface area (Å²) < 4.78 is 5.55. The van der Waals surface area contributed by atoms with E-state index in [1.165, 1.54) is 6.42 Å². The van der Waals surface area contributed by atoms with Gasteiger partial charge in [-0.2, -0.15) is 0 Å². The lowest BCUT2D eigenvalue weighted by Gasteiger charge is -2.37. The van der Waals surface area contributed by atoms with Crippen molar-refractivity contribution in [2.24, 2.45) is 5.92 Å². The Hall–Kier alpha value is -0.610. The first-order valence-corrected chi connectivity index (χ1v) is 8.10. The van der Waals surface area contributed by atoms with E-state index in [0.717, 1.165) is 45.1 Å². The zero-order valence-corrected chi connectivity index (χ0v) is 13.7. The lowest BCUT2D eigenvalue weighted by atomic mass is 10.1. The number of nitrogens with zero attached hydrogens (tertiary/aromatic N) is 2. The molecule has 0 saturated carbocycles. The standard InChI is InChI=1S/C16H32N2O2/c1-14(2)6-5-12-20-13-7-16(19)18-10-8-17(9-11-18)15(3)4/h14-15H,5-13H2,1-4H3. The highest BCUT2D eigenvalue weighted by molar-refractivity contribution is 5.76. The molecule has 4 heteroatoms. The molecule has 0 aromatic rings. The molecule has 1 rings (SSSR count). The van der Waals surface area contributed by atoms with Crippen LogP contribution in [0.1, 0.15) is 47.0 Å². The van der Waals surface area contributed by atoms with Gasteiger partial charge in [0.15, 0.2) is 0 Å². The van der Waals surface area contributed by atoms with Crippen LogP contribution in [-0.4, -0.2) is 61.1 Å². The number of carbonyl (C=O) groups excluding carboxylic acids is 1. The Morgan fingerprint density at radius 3 is 2.25 bits per heavy atom.